The van der Waals surface area contributed by atoms with Crippen LogP contribution in [-0.2, 0) is 4.74 Å². The van der Waals surface area contributed by atoms with Gasteiger partial charge in [-0.15, -0.1) is 0 Å². The van der Waals surface area contributed by atoms with Crippen LogP contribution in [0.1, 0.15) is 26.3 Å². The molecule has 1 aromatic carbocycles. The lowest BCUT2D eigenvalue weighted by atomic mass is 10.1. The van der Waals surface area contributed by atoms with Gasteiger partial charge in [0.15, 0.2) is 0 Å². The van der Waals surface area contributed by atoms with E-state index in [1.54, 1.807) is 19.1 Å². The maximum Gasteiger partial charge on any atom is 0.337 e. The minimum Gasteiger partial charge on any atom is -0.465 e. The van der Waals surface area contributed by atoms with Gasteiger partial charge in [0.2, 0.25) is 5.95 Å². The number of nitrogens with zero attached hydrogens (tertiary/aromatic N) is 1. The molecule has 0 aliphatic heterocycles. The molecule has 0 saturated heterocycles. The summed E-state index contributed by atoms with van der Waals surface area (Å²) in [5.41, 5.74) is 1.81. The molecule has 2 aromatic rings. The molecule has 1 N–H and O–H groups in total. The number of ether oxygens (including phenoxy) is 1. The maximum absolute atomic E-state index is 12.7. The third-order valence-corrected chi connectivity index (χ3v) is 2.90. The molecule has 21 heavy (non-hydrogen) atoms. The Bertz CT molecular complexity index is 684. The smallest absolute Gasteiger partial charge is 0.337 e. The lowest BCUT2D eigenvalue weighted by Crippen LogP contribution is -2.14. The highest BCUT2D eigenvalue weighted by Crippen LogP contribution is 2.18. The number of halogens is 1. The quantitative estimate of drug-likeness (QED) is 0.696. The fourth-order valence-corrected chi connectivity index (χ4v) is 1.71. The average Bonchev–Trinajstić information content (AvgIpc) is 2.49. The van der Waals surface area contributed by atoms with Gasteiger partial charge < -0.3 is 10.1 Å². The molecule has 0 fully saturated rings. The van der Waals surface area contributed by atoms with Crippen LogP contribution >= 0.6 is 0 Å². The predicted molar refractivity (Wildman–Crippen MR) is 74.7 cm³/mol. The zero-order valence-electron chi connectivity index (χ0n) is 11.5. The van der Waals surface area contributed by atoms with Crippen LogP contribution in [0.2, 0.25) is 0 Å². The van der Waals surface area contributed by atoms with Gasteiger partial charge in [-0.2, -0.15) is 4.39 Å². The topological polar surface area (TPSA) is 68.3 Å². The van der Waals surface area contributed by atoms with E-state index in [1.807, 2.05) is 0 Å². The molecule has 1 amide bonds. The fourth-order valence-electron chi connectivity index (χ4n) is 1.71. The van der Waals surface area contributed by atoms with E-state index in [2.05, 4.69) is 15.0 Å². The Balaban J connectivity index is 2.24. The number of benzene rings is 1. The van der Waals surface area contributed by atoms with Gasteiger partial charge in [-0.1, -0.05) is 6.07 Å². The van der Waals surface area contributed by atoms with Crippen molar-refractivity contribution < 1.29 is 18.7 Å². The molecule has 0 radical (unpaired) electrons. The number of hydrogen-bond acceptors (Lipinski definition) is 4. The third-order valence-electron chi connectivity index (χ3n) is 2.90. The summed E-state index contributed by atoms with van der Waals surface area (Å²) in [5, 5.41) is 2.66. The number of esters is 1. The van der Waals surface area contributed by atoms with Gasteiger partial charge in [-0.25, -0.2) is 9.78 Å². The van der Waals surface area contributed by atoms with E-state index < -0.39 is 17.8 Å². The normalized spacial score (nSPS) is 10.0. The Morgan fingerprint density at radius 3 is 2.52 bits per heavy atom. The first-order chi connectivity index (χ1) is 10.0. The van der Waals surface area contributed by atoms with Gasteiger partial charge in [0, 0.05) is 11.9 Å². The molecule has 0 unspecified atom stereocenters. The van der Waals surface area contributed by atoms with Crippen molar-refractivity contribution >= 4 is 17.6 Å². The molecular weight excluding hydrogens is 275 g/mol. The Kier molecular flexibility index (Phi) is 4.27. The number of methoxy groups -OCH3 is 1. The highest BCUT2D eigenvalue weighted by Gasteiger charge is 2.12. The molecule has 0 aliphatic carbocycles. The third kappa shape index (κ3) is 3.42. The van der Waals surface area contributed by atoms with Gasteiger partial charge in [0.05, 0.1) is 18.2 Å². The molecule has 0 saturated carbocycles. The molecule has 1 aromatic heterocycles. The summed E-state index contributed by atoms with van der Waals surface area (Å²) in [6.45, 7) is 1.79. The molecule has 6 heteroatoms. The minimum absolute atomic E-state index is 0.222. The van der Waals surface area contributed by atoms with Crippen LogP contribution in [0.15, 0.2) is 36.5 Å². The number of rotatable bonds is 3. The summed E-state index contributed by atoms with van der Waals surface area (Å²) in [6, 6.07) is 7.26. The summed E-state index contributed by atoms with van der Waals surface area (Å²) in [5.74, 6) is -1.59. The SMILES string of the molecule is COC(=O)c1ccc(C)c(NC(=O)c2ccc(F)nc2)c1. The minimum atomic E-state index is -0.657. The zero-order valence-corrected chi connectivity index (χ0v) is 11.5. The molecule has 108 valence electrons. The van der Waals surface area contributed by atoms with E-state index in [0.717, 1.165) is 17.8 Å². The lowest BCUT2D eigenvalue weighted by molar-refractivity contribution is 0.0600. The molecule has 5 nitrogen and oxygen atoms in total. The van der Waals surface area contributed by atoms with Gasteiger partial charge in [-0.05, 0) is 36.8 Å². The van der Waals surface area contributed by atoms with E-state index >= 15 is 0 Å². The van der Waals surface area contributed by atoms with E-state index in [9.17, 15) is 14.0 Å². The largest absolute Gasteiger partial charge is 0.465 e. The van der Waals surface area contributed by atoms with E-state index in [4.69, 9.17) is 0 Å². The molecule has 1 heterocycles. The Hall–Kier alpha value is -2.76. The summed E-state index contributed by atoms with van der Waals surface area (Å²) >= 11 is 0. The number of carbonyl (C=O) groups excluding carboxylic acids is 2. The van der Waals surface area contributed by atoms with Crippen LogP contribution in [0.5, 0.6) is 0 Å². The van der Waals surface area contributed by atoms with Gasteiger partial charge >= 0.3 is 5.97 Å². The van der Waals surface area contributed by atoms with Crippen LogP contribution in [0.25, 0.3) is 0 Å². The fraction of sp³-hybridized carbons (Fsp3) is 0.133. The van der Waals surface area contributed by atoms with Crippen molar-refractivity contribution in [2.75, 3.05) is 12.4 Å². The van der Waals surface area contributed by atoms with Gasteiger partial charge in [-0.3, -0.25) is 4.79 Å². The number of pyridine rings is 1. The number of carbonyl (C=O) groups is 2. The number of aromatic nitrogens is 1. The van der Waals surface area contributed by atoms with Crippen LogP contribution in [-0.4, -0.2) is 24.0 Å². The predicted octanol–water partition coefficient (Wildman–Crippen LogP) is 2.57. The van der Waals surface area contributed by atoms with Gasteiger partial charge in [0.25, 0.3) is 5.91 Å². The molecule has 0 spiro atoms. The first-order valence-corrected chi connectivity index (χ1v) is 6.13. The van der Waals surface area contributed by atoms with Crippen LogP contribution in [0, 0.1) is 12.9 Å². The molecule has 0 bridgehead atoms. The van der Waals surface area contributed by atoms with Crippen molar-refractivity contribution in [2.24, 2.45) is 0 Å². The van der Waals surface area contributed by atoms with E-state index in [-0.39, 0.29) is 5.56 Å². The summed E-state index contributed by atoms with van der Waals surface area (Å²) in [7, 11) is 1.28. The maximum atomic E-state index is 12.7. The number of aryl methyl sites for hydroxylation is 1. The number of amides is 1. The van der Waals surface area contributed by atoms with E-state index in [0.29, 0.717) is 11.3 Å². The second kappa shape index (κ2) is 6.13. The number of nitrogens with one attached hydrogen (secondary N) is 1. The highest BCUT2D eigenvalue weighted by molar-refractivity contribution is 6.05. The molecule has 0 aliphatic rings. The first-order valence-electron chi connectivity index (χ1n) is 6.13. The van der Waals surface area contributed by atoms with Crippen molar-refractivity contribution in [2.45, 2.75) is 6.92 Å². The number of anilines is 1. The molecule has 2 rings (SSSR count). The summed E-state index contributed by atoms with van der Waals surface area (Å²) in [4.78, 5) is 26.9. The Morgan fingerprint density at radius 2 is 1.90 bits per heavy atom. The summed E-state index contributed by atoms with van der Waals surface area (Å²) < 4.78 is 17.4. The molecule has 0 atom stereocenters. The van der Waals surface area contributed by atoms with Crippen LogP contribution in [0.4, 0.5) is 10.1 Å². The monoisotopic (exact) mass is 288 g/mol. The average molecular weight is 288 g/mol. The standard InChI is InChI=1S/C15H13FN2O3/c1-9-3-4-10(15(20)21-2)7-12(9)18-14(19)11-5-6-13(16)17-8-11/h3-8H,1-2H3,(H,18,19). The van der Waals surface area contributed by atoms with Crippen molar-refractivity contribution in [3.8, 4) is 0 Å². The number of hydrogen-bond donors (Lipinski definition) is 1. The Morgan fingerprint density at radius 1 is 1.19 bits per heavy atom. The second-order valence-electron chi connectivity index (χ2n) is 4.35. The second-order valence-corrected chi connectivity index (χ2v) is 4.35. The van der Waals surface area contributed by atoms with Crippen molar-refractivity contribution in [1.82, 2.24) is 4.98 Å². The van der Waals surface area contributed by atoms with Crippen molar-refractivity contribution in [3.05, 3.63) is 59.2 Å². The zero-order chi connectivity index (χ0) is 15.4. The lowest BCUT2D eigenvalue weighted by Gasteiger charge is -2.10. The van der Waals surface area contributed by atoms with Crippen molar-refractivity contribution in [1.29, 1.82) is 0 Å². The highest BCUT2D eigenvalue weighted by atomic mass is 19.1. The van der Waals surface area contributed by atoms with Crippen molar-refractivity contribution in [3.63, 3.8) is 0 Å². The van der Waals surface area contributed by atoms with E-state index in [1.165, 1.54) is 19.2 Å². The van der Waals surface area contributed by atoms with Crippen LogP contribution in [0.3, 0.4) is 0 Å². The Labute approximate surface area is 120 Å². The first kappa shape index (κ1) is 14.6. The van der Waals surface area contributed by atoms with Crippen LogP contribution < -0.4 is 5.32 Å². The van der Waals surface area contributed by atoms with Gasteiger partial charge in [0.1, 0.15) is 0 Å². The molecular formula is C15H13FN2O3. The summed E-state index contributed by atoms with van der Waals surface area (Å²) in [6.07, 6.45) is 1.14.